The predicted octanol–water partition coefficient (Wildman–Crippen LogP) is 6.44. The normalized spacial score (nSPS) is 21.9. The molecule has 0 aromatic heterocycles. The molecule has 2 aliphatic carbocycles. The summed E-state index contributed by atoms with van der Waals surface area (Å²) in [7, 11) is 0. The Bertz CT molecular complexity index is 116. The molecule has 0 heterocycles. The van der Waals surface area contributed by atoms with Crippen LogP contribution in [0.2, 0.25) is 0 Å². The van der Waals surface area contributed by atoms with Gasteiger partial charge >= 0.3 is 0 Å². The molecule has 0 amide bonds. The lowest BCUT2D eigenvalue weighted by Gasteiger charge is -2.28. The molecule has 0 aromatic carbocycles. The molecule has 2 rings (SSSR count). The highest BCUT2D eigenvalue weighted by molar-refractivity contribution is 8.00. The summed E-state index contributed by atoms with van der Waals surface area (Å²) >= 11 is 2.34. The monoisotopic (exact) mass is 258 g/mol. The second-order valence-electron chi connectivity index (χ2n) is 4.66. The Morgan fingerprint density at radius 3 is 1.12 bits per heavy atom. The number of hydrogen-bond acceptors (Lipinski definition) is 1. The molecule has 2 saturated carbocycles. The van der Waals surface area contributed by atoms with Crippen molar-refractivity contribution in [3.8, 4) is 0 Å². The summed E-state index contributed by atoms with van der Waals surface area (Å²) in [5.41, 5.74) is 0. The van der Waals surface area contributed by atoms with Gasteiger partial charge in [-0.2, -0.15) is 11.8 Å². The largest absolute Gasteiger partial charge is 0.155 e. The third kappa shape index (κ3) is 8.13. The molecule has 2 aliphatic rings. The third-order valence-corrected chi connectivity index (χ3v) is 5.20. The first kappa shape index (κ1) is 17.4. The summed E-state index contributed by atoms with van der Waals surface area (Å²) in [6, 6.07) is 0. The lowest BCUT2D eigenvalue weighted by Crippen LogP contribution is -2.16. The molecule has 0 N–H and O–H groups in total. The van der Waals surface area contributed by atoms with Crippen molar-refractivity contribution in [3.05, 3.63) is 0 Å². The van der Waals surface area contributed by atoms with Crippen molar-refractivity contribution >= 4 is 11.8 Å². The summed E-state index contributed by atoms with van der Waals surface area (Å²) in [5, 5.41) is 2.08. The Kier molecular flexibility index (Phi) is 13.1. The van der Waals surface area contributed by atoms with Crippen molar-refractivity contribution in [2.45, 2.75) is 102 Å². The molecule has 0 nitrogen and oxygen atoms in total. The molecule has 0 radical (unpaired) electrons. The van der Waals surface area contributed by atoms with Crippen molar-refractivity contribution in [2.24, 2.45) is 0 Å². The first-order valence-electron chi connectivity index (χ1n) is 8.10. The van der Waals surface area contributed by atoms with Gasteiger partial charge in [-0.25, -0.2) is 0 Å². The summed E-state index contributed by atoms with van der Waals surface area (Å²) in [5.74, 6) is 0. The van der Waals surface area contributed by atoms with E-state index in [9.17, 15) is 0 Å². The highest BCUT2D eigenvalue weighted by atomic mass is 32.2. The van der Waals surface area contributed by atoms with Crippen molar-refractivity contribution < 1.29 is 0 Å². The van der Waals surface area contributed by atoms with Gasteiger partial charge in [0.05, 0.1) is 0 Å². The molecule has 17 heavy (non-hydrogen) atoms. The van der Waals surface area contributed by atoms with Crippen LogP contribution in [0.3, 0.4) is 0 Å². The van der Waals surface area contributed by atoms with E-state index in [0.29, 0.717) is 0 Å². The molecule has 104 valence electrons. The fourth-order valence-corrected chi connectivity index (χ4v) is 4.43. The van der Waals surface area contributed by atoms with E-state index in [1.165, 1.54) is 64.2 Å². The van der Waals surface area contributed by atoms with Gasteiger partial charge in [-0.05, 0) is 25.7 Å². The van der Waals surface area contributed by atoms with Crippen molar-refractivity contribution in [3.63, 3.8) is 0 Å². The first-order chi connectivity index (χ1) is 8.45. The van der Waals surface area contributed by atoms with E-state index in [4.69, 9.17) is 0 Å². The van der Waals surface area contributed by atoms with Crippen LogP contribution in [0.1, 0.15) is 91.9 Å². The van der Waals surface area contributed by atoms with Gasteiger partial charge in [0.1, 0.15) is 0 Å². The number of rotatable bonds is 2. The quantitative estimate of drug-likeness (QED) is 0.549. The van der Waals surface area contributed by atoms with Crippen LogP contribution in [-0.4, -0.2) is 10.5 Å². The third-order valence-electron chi connectivity index (χ3n) is 3.49. The fourth-order valence-electron chi connectivity index (χ4n) is 2.67. The van der Waals surface area contributed by atoms with Gasteiger partial charge in [-0.3, -0.25) is 0 Å². The molecular weight excluding hydrogens is 224 g/mol. The lowest BCUT2D eigenvalue weighted by molar-refractivity contribution is 0.495. The Morgan fingerprint density at radius 1 is 0.529 bits per heavy atom. The van der Waals surface area contributed by atoms with Gasteiger partial charge in [0.25, 0.3) is 0 Å². The average Bonchev–Trinajstić information content (AvgIpc) is 2.45. The van der Waals surface area contributed by atoms with E-state index in [1.54, 1.807) is 0 Å². The van der Waals surface area contributed by atoms with Crippen molar-refractivity contribution in [1.29, 1.82) is 0 Å². The second kappa shape index (κ2) is 12.8. The molecule has 1 heteroatoms. The van der Waals surface area contributed by atoms with Crippen LogP contribution in [0.25, 0.3) is 0 Å². The number of thioether (sulfide) groups is 1. The minimum Gasteiger partial charge on any atom is -0.155 e. The topological polar surface area (TPSA) is 0 Å². The lowest BCUT2D eigenvalue weighted by atomic mass is 10.00. The molecule has 0 aromatic rings. The Morgan fingerprint density at radius 2 is 0.824 bits per heavy atom. The molecule has 0 saturated heterocycles. The average molecular weight is 259 g/mol. The zero-order valence-corrected chi connectivity index (χ0v) is 13.5. The standard InChI is InChI=1S/C12H22S.2C2H6/c1-3-7-11(8-4-1)13-12-9-5-2-6-10-12;2*1-2/h11-12H,1-10H2;2*1-2H3. The van der Waals surface area contributed by atoms with E-state index in [0.717, 1.165) is 10.5 Å². The maximum Gasteiger partial charge on any atom is 0.00498 e. The van der Waals surface area contributed by atoms with Gasteiger partial charge in [0, 0.05) is 10.5 Å². The molecule has 0 aliphatic heterocycles. The van der Waals surface area contributed by atoms with Crippen LogP contribution in [0.5, 0.6) is 0 Å². The highest BCUT2D eigenvalue weighted by Gasteiger charge is 2.20. The Labute approximate surface area is 114 Å². The maximum atomic E-state index is 2.34. The summed E-state index contributed by atoms with van der Waals surface area (Å²) in [4.78, 5) is 0. The van der Waals surface area contributed by atoms with Gasteiger partial charge in [0.2, 0.25) is 0 Å². The molecule has 0 bridgehead atoms. The molecule has 0 unspecified atom stereocenters. The first-order valence-corrected chi connectivity index (χ1v) is 9.05. The van der Waals surface area contributed by atoms with Crippen LogP contribution < -0.4 is 0 Å². The van der Waals surface area contributed by atoms with Gasteiger partial charge in [-0.1, -0.05) is 66.2 Å². The highest BCUT2D eigenvalue weighted by Crippen LogP contribution is 2.36. The Balaban J connectivity index is 0.000000581. The van der Waals surface area contributed by atoms with Crippen LogP contribution in [-0.2, 0) is 0 Å². The van der Waals surface area contributed by atoms with Gasteiger partial charge in [0.15, 0.2) is 0 Å². The van der Waals surface area contributed by atoms with Gasteiger partial charge < -0.3 is 0 Å². The van der Waals surface area contributed by atoms with E-state index >= 15 is 0 Å². The van der Waals surface area contributed by atoms with Crippen molar-refractivity contribution in [1.82, 2.24) is 0 Å². The van der Waals surface area contributed by atoms with E-state index < -0.39 is 0 Å². The van der Waals surface area contributed by atoms with E-state index in [-0.39, 0.29) is 0 Å². The minimum atomic E-state index is 1.04. The van der Waals surface area contributed by atoms with E-state index in [2.05, 4.69) is 11.8 Å². The number of hydrogen-bond donors (Lipinski definition) is 0. The van der Waals surface area contributed by atoms with E-state index in [1.807, 2.05) is 27.7 Å². The van der Waals surface area contributed by atoms with Crippen LogP contribution in [0, 0.1) is 0 Å². The maximum absolute atomic E-state index is 2.34. The SMILES string of the molecule is C1CCC(SC2CCCCC2)CC1.CC.CC. The fraction of sp³-hybridized carbons (Fsp3) is 1.00. The van der Waals surface area contributed by atoms with Gasteiger partial charge in [-0.15, -0.1) is 0 Å². The minimum absolute atomic E-state index is 1.04. The molecular formula is C16H34S. The smallest absolute Gasteiger partial charge is 0.00498 e. The zero-order chi connectivity index (χ0) is 12.9. The van der Waals surface area contributed by atoms with Crippen LogP contribution >= 0.6 is 11.8 Å². The zero-order valence-electron chi connectivity index (χ0n) is 12.6. The summed E-state index contributed by atoms with van der Waals surface area (Å²) in [6.45, 7) is 8.00. The second-order valence-corrected chi connectivity index (χ2v) is 6.26. The molecule has 0 atom stereocenters. The van der Waals surface area contributed by atoms with Crippen LogP contribution in [0.4, 0.5) is 0 Å². The predicted molar refractivity (Wildman–Crippen MR) is 84.0 cm³/mol. The molecule has 0 spiro atoms. The van der Waals surface area contributed by atoms with Crippen molar-refractivity contribution in [2.75, 3.05) is 0 Å². The van der Waals surface area contributed by atoms with Crippen LogP contribution in [0.15, 0.2) is 0 Å². The Hall–Kier alpha value is 0.350. The summed E-state index contributed by atoms with van der Waals surface area (Å²) < 4.78 is 0. The summed E-state index contributed by atoms with van der Waals surface area (Å²) in [6.07, 6.45) is 15.1. The molecule has 2 fully saturated rings.